The van der Waals surface area contributed by atoms with E-state index in [0.29, 0.717) is 0 Å². The SMILES string of the molecule is CN(C)/C=C/C(=O)/C(=C/N(C)C)C(C)(C)C. The van der Waals surface area contributed by atoms with Crippen LogP contribution in [0.25, 0.3) is 0 Å². The first kappa shape index (κ1) is 14.8. The molecule has 3 nitrogen and oxygen atoms in total. The Morgan fingerprint density at radius 2 is 1.50 bits per heavy atom. The molecule has 0 saturated heterocycles. The van der Waals surface area contributed by atoms with Gasteiger partial charge in [0.15, 0.2) is 5.78 Å². The monoisotopic (exact) mass is 224 g/mol. The highest BCUT2D eigenvalue weighted by atomic mass is 16.1. The van der Waals surface area contributed by atoms with Gasteiger partial charge >= 0.3 is 0 Å². The highest BCUT2D eigenvalue weighted by Crippen LogP contribution is 2.26. The summed E-state index contributed by atoms with van der Waals surface area (Å²) in [6, 6.07) is 0. The third-order valence-electron chi connectivity index (χ3n) is 1.98. The van der Waals surface area contributed by atoms with Crippen LogP contribution in [0.4, 0.5) is 0 Å². The Kier molecular flexibility index (Phi) is 5.28. The molecule has 0 amide bonds. The van der Waals surface area contributed by atoms with E-state index in [1.807, 2.05) is 65.0 Å². The zero-order chi connectivity index (χ0) is 12.9. The van der Waals surface area contributed by atoms with Crippen molar-refractivity contribution in [3.8, 4) is 0 Å². The summed E-state index contributed by atoms with van der Waals surface area (Å²) < 4.78 is 0. The Labute approximate surface area is 99.4 Å². The number of ketones is 1. The normalized spacial score (nSPS) is 13.1. The molecule has 0 radical (unpaired) electrons. The summed E-state index contributed by atoms with van der Waals surface area (Å²) in [4.78, 5) is 15.8. The quantitative estimate of drug-likeness (QED) is 0.683. The second kappa shape index (κ2) is 5.73. The van der Waals surface area contributed by atoms with E-state index in [1.165, 1.54) is 0 Å². The molecule has 0 aromatic carbocycles. The summed E-state index contributed by atoms with van der Waals surface area (Å²) in [6.45, 7) is 6.14. The van der Waals surface area contributed by atoms with Crippen LogP contribution in [0.2, 0.25) is 0 Å². The first-order chi connectivity index (χ1) is 7.14. The van der Waals surface area contributed by atoms with Gasteiger partial charge in [-0.3, -0.25) is 4.79 Å². The molecule has 3 heteroatoms. The Morgan fingerprint density at radius 1 is 1.00 bits per heavy atom. The van der Waals surface area contributed by atoms with Crippen molar-refractivity contribution in [2.24, 2.45) is 5.41 Å². The Balaban J connectivity index is 5.01. The van der Waals surface area contributed by atoms with Crippen LogP contribution >= 0.6 is 0 Å². The maximum absolute atomic E-state index is 12.0. The average Bonchev–Trinajstić information content (AvgIpc) is 2.08. The van der Waals surface area contributed by atoms with Crippen LogP contribution in [0, 0.1) is 5.41 Å². The van der Waals surface area contributed by atoms with Crippen LogP contribution in [0.15, 0.2) is 24.0 Å². The van der Waals surface area contributed by atoms with Crippen LogP contribution in [0.5, 0.6) is 0 Å². The van der Waals surface area contributed by atoms with Gasteiger partial charge in [-0.05, 0) is 5.41 Å². The first-order valence-electron chi connectivity index (χ1n) is 5.42. The van der Waals surface area contributed by atoms with Gasteiger partial charge in [0.05, 0.1) is 0 Å². The second-order valence-corrected chi connectivity index (χ2v) is 5.40. The van der Waals surface area contributed by atoms with Gasteiger partial charge in [-0.25, -0.2) is 0 Å². The maximum atomic E-state index is 12.0. The molecule has 92 valence electrons. The van der Waals surface area contributed by atoms with Gasteiger partial charge in [-0.2, -0.15) is 0 Å². The van der Waals surface area contributed by atoms with Crippen molar-refractivity contribution in [3.05, 3.63) is 24.0 Å². The highest BCUT2D eigenvalue weighted by molar-refractivity contribution is 6.04. The number of carbonyl (C=O) groups is 1. The van der Waals surface area contributed by atoms with E-state index in [-0.39, 0.29) is 11.2 Å². The number of carbonyl (C=O) groups excluding carboxylic acids is 1. The fourth-order valence-corrected chi connectivity index (χ4v) is 1.19. The molecule has 0 aromatic heterocycles. The number of rotatable bonds is 4. The number of hydrogen-bond acceptors (Lipinski definition) is 3. The molecule has 0 bridgehead atoms. The van der Waals surface area contributed by atoms with E-state index in [2.05, 4.69) is 0 Å². The van der Waals surface area contributed by atoms with Crippen molar-refractivity contribution in [2.75, 3.05) is 28.2 Å². The minimum Gasteiger partial charge on any atom is -0.383 e. The molecule has 0 heterocycles. The molecular formula is C13H24N2O. The van der Waals surface area contributed by atoms with Crippen LogP contribution in [-0.4, -0.2) is 43.8 Å². The van der Waals surface area contributed by atoms with E-state index in [9.17, 15) is 4.79 Å². The lowest BCUT2D eigenvalue weighted by Gasteiger charge is -2.22. The topological polar surface area (TPSA) is 23.6 Å². The minimum atomic E-state index is -0.141. The lowest BCUT2D eigenvalue weighted by molar-refractivity contribution is -0.112. The molecule has 0 rings (SSSR count). The van der Waals surface area contributed by atoms with Gasteiger partial charge in [0.1, 0.15) is 0 Å². The maximum Gasteiger partial charge on any atom is 0.185 e. The number of hydrogen-bond donors (Lipinski definition) is 0. The van der Waals surface area contributed by atoms with Crippen molar-refractivity contribution >= 4 is 5.78 Å². The Hall–Kier alpha value is -1.25. The summed E-state index contributed by atoms with van der Waals surface area (Å²) in [5, 5.41) is 0. The molecule has 16 heavy (non-hydrogen) atoms. The second-order valence-electron chi connectivity index (χ2n) is 5.40. The molecule has 0 aromatic rings. The molecule has 0 spiro atoms. The molecule has 0 unspecified atom stereocenters. The van der Waals surface area contributed by atoms with E-state index in [1.54, 1.807) is 12.3 Å². The van der Waals surface area contributed by atoms with Crippen molar-refractivity contribution in [1.82, 2.24) is 9.80 Å². The van der Waals surface area contributed by atoms with E-state index in [0.717, 1.165) is 5.57 Å². The molecule has 0 fully saturated rings. The third kappa shape index (κ3) is 5.59. The minimum absolute atomic E-state index is 0.0647. The summed E-state index contributed by atoms with van der Waals surface area (Å²) in [7, 11) is 7.65. The van der Waals surface area contributed by atoms with Gasteiger partial charge < -0.3 is 9.80 Å². The van der Waals surface area contributed by atoms with Crippen LogP contribution in [0.1, 0.15) is 20.8 Å². The first-order valence-corrected chi connectivity index (χ1v) is 5.42. The van der Waals surface area contributed by atoms with E-state index < -0.39 is 0 Å². The summed E-state index contributed by atoms with van der Waals surface area (Å²) in [5.74, 6) is 0.0647. The lowest BCUT2D eigenvalue weighted by Crippen LogP contribution is -2.20. The lowest BCUT2D eigenvalue weighted by atomic mass is 9.84. The predicted octanol–water partition coefficient (Wildman–Crippen LogP) is 2.12. The molecule has 0 saturated carbocycles. The molecule has 0 atom stereocenters. The molecule has 0 aliphatic carbocycles. The van der Waals surface area contributed by atoms with Gasteiger partial charge in [-0.1, -0.05) is 20.8 Å². The van der Waals surface area contributed by atoms with Crippen LogP contribution in [-0.2, 0) is 4.79 Å². The van der Waals surface area contributed by atoms with Crippen molar-refractivity contribution in [1.29, 1.82) is 0 Å². The summed E-state index contributed by atoms with van der Waals surface area (Å²) in [6.07, 6.45) is 5.28. The standard InChI is InChI=1S/C13H24N2O/c1-13(2,3)11(10-15(6)7)12(16)8-9-14(4)5/h8-10H,1-7H3/b9-8+,11-10-. The van der Waals surface area contributed by atoms with E-state index in [4.69, 9.17) is 0 Å². The predicted molar refractivity (Wildman–Crippen MR) is 69.1 cm³/mol. The van der Waals surface area contributed by atoms with Crippen LogP contribution in [0.3, 0.4) is 0 Å². The fourth-order valence-electron chi connectivity index (χ4n) is 1.19. The van der Waals surface area contributed by atoms with Crippen molar-refractivity contribution in [2.45, 2.75) is 20.8 Å². The zero-order valence-corrected chi connectivity index (χ0v) is 11.5. The van der Waals surface area contributed by atoms with Crippen molar-refractivity contribution in [3.63, 3.8) is 0 Å². The third-order valence-corrected chi connectivity index (χ3v) is 1.98. The largest absolute Gasteiger partial charge is 0.383 e. The van der Waals surface area contributed by atoms with Gasteiger partial charge in [0.25, 0.3) is 0 Å². The highest BCUT2D eigenvalue weighted by Gasteiger charge is 2.22. The zero-order valence-electron chi connectivity index (χ0n) is 11.5. The summed E-state index contributed by atoms with van der Waals surface area (Å²) in [5.41, 5.74) is 0.675. The molecule has 0 aliphatic heterocycles. The molecular weight excluding hydrogens is 200 g/mol. The van der Waals surface area contributed by atoms with E-state index >= 15 is 0 Å². The summed E-state index contributed by atoms with van der Waals surface area (Å²) >= 11 is 0. The smallest absolute Gasteiger partial charge is 0.185 e. The van der Waals surface area contributed by atoms with Crippen LogP contribution < -0.4 is 0 Å². The molecule has 0 aliphatic rings. The van der Waals surface area contributed by atoms with Crippen molar-refractivity contribution < 1.29 is 4.79 Å². The van der Waals surface area contributed by atoms with Gasteiger partial charge in [-0.15, -0.1) is 0 Å². The Bertz CT molecular complexity index is 294. The fraction of sp³-hybridized carbons (Fsp3) is 0.615. The Morgan fingerprint density at radius 3 is 1.81 bits per heavy atom. The van der Waals surface area contributed by atoms with Gasteiger partial charge in [0.2, 0.25) is 0 Å². The number of allylic oxidation sites excluding steroid dienone is 2. The van der Waals surface area contributed by atoms with Gasteiger partial charge in [0, 0.05) is 52.2 Å². The number of nitrogens with zero attached hydrogens (tertiary/aromatic N) is 2. The average molecular weight is 224 g/mol. The molecule has 0 N–H and O–H groups in total.